The standard InChI is InChI=1S/C30H36FN5O2/c31-23-8-9-26-25(16-23)28(37)35(20-33-26)18-22-10-14-34(19-30(22)12-4-5-13-30)29(38)36-15-11-24(32)17-27(36)21-6-2-1-3-7-21/h1-3,6-9,16,20,22,24,27H,4-5,10-15,17-19,32H2/t22?,24-,27+/m1/s1. The van der Waals surface area contributed by atoms with Crippen molar-refractivity contribution in [1.82, 2.24) is 19.4 Å². The molecule has 3 atom stereocenters. The molecular formula is C30H36FN5O2. The van der Waals surface area contributed by atoms with Gasteiger partial charge in [-0.05, 0) is 67.2 Å². The van der Waals surface area contributed by atoms with Crippen LogP contribution in [0.2, 0.25) is 0 Å². The molecule has 3 aliphatic rings. The van der Waals surface area contributed by atoms with Gasteiger partial charge in [-0.25, -0.2) is 14.2 Å². The Morgan fingerprint density at radius 3 is 2.66 bits per heavy atom. The number of nitrogens with two attached hydrogens (primary N) is 1. The lowest BCUT2D eigenvalue weighted by atomic mass is 9.69. The van der Waals surface area contributed by atoms with Gasteiger partial charge in [-0.1, -0.05) is 43.2 Å². The Hall–Kier alpha value is -3.26. The van der Waals surface area contributed by atoms with Crippen molar-refractivity contribution in [3.05, 3.63) is 76.6 Å². The van der Waals surface area contributed by atoms with Gasteiger partial charge >= 0.3 is 6.03 Å². The minimum absolute atomic E-state index is 0.00708. The van der Waals surface area contributed by atoms with E-state index in [1.807, 2.05) is 23.1 Å². The van der Waals surface area contributed by atoms with E-state index in [4.69, 9.17) is 5.73 Å². The van der Waals surface area contributed by atoms with E-state index in [0.29, 0.717) is 37.1 Å². The van der Waals surface area contributed by atoms with Crippen LogP contribution in [-0.4, -0.2) is 51.1 Å². The van der Waals surface area contributed by atoms with Gasteiger partial charge in [0.2, 0.25) is 0 Å². The summed E-state index contributed by atoms with van der Waals surface area (Å²) in [6.45, 7) is 2.59. The summed E-state index contributed by atoms with van der Waals surface area (Å²) in [4.78, 5) is 35.7. The van der Waals surface area contributed by atoms with Crippen LogP contribution in [0.4, 0.5) is 9.18 Å². The molecule has 200 valence electrons. The first-order chi connectivity index (χ1) is 18.4. The van der Waals surface area contributed by atoms with Crippen molar-refractivity contribution in [2.24, 2.45) is 17.1 Å². The fourth-order valence-electron chi connectivity index (χ4n) is 7.19. The quantitative estimate of drug-likeness (QED) is 0.546. The number of hydrogen-bond donors (Lipinski definition) is 1. The van der Waals surface area contributed by atoms with E-state index in [1.54, 1.807) is 17.0 Å². The molecule has 2 aromatic carbocycles. The minimum Gasteiger partial charge on any atom is -0.328 e. The van der Waals surface area contributed by atoms with Gasteiger partial charge in [0.05, 0.1) is 23.3 Å². The molecule has 7 nitrogen and oxygen atoms in total. The van der Waals surface area contributed by atoms with Gasteiger partial charge in [-0.2, -0.15) is 0 Å². The summed E-state index contributed by atoms with van der Waals surface area (Å²) in [7, 11) is 0. The molecule has 1 aromatic heterocycles. The molecule has 3 aromatic rings. The van der Waals surface area contributed by atoms with Crippen LogP contribution in [0.1, 0.15) is 56.6 Å². The third-order valence-electron chi connectivity index (χ3n) is 9.27. The first-order valence-electron chi connectivity index (χ1n) is 13.9. The Bertz CT molecular complexity index is 1370. The number of carbonyl (C=O) groups excluding carboxylic acids is 1. The number of benzene rings is 2. The molecule has 1 aliphatic carbocycles. The molecule has 38 heavy (non-hydrogen) atoms. The molecule has 2 N–H and O–H groups in total. The maximum Gasteiger partial charge on any atom is 0.320 e. The van der Waals surface area contributed by atoms with Crippen molar-refractivity contribution in [2.45, 2.75) is 63.6 Å². The number of urea groups is 1. The average Bonchev–Trinajstić information content (AvgIpc) is 3.40. The van der Waals surface area contributed by atoms with E-state index in [9.17, 15) is 14.0 Å². The van der Waals surface area contributed by atoms with Crippen molar-refractivity contribution in [3.63, 3.8) is 0 Å². The number of rotatable bonds is 3. The van der Waals surface area contributed by atoms with E-state index in [0.717, 1.165) is 50.5 Å². The van der Waals surface area contributed by atoms with Gasteiger partial charge in [-0.15, -0.1) is 0 Å². The summed E-state index contributed by atoms with van der Waals surface area (Å²) < 4.78 is 15.5. The van der Waals surface area contributed by atoms with Gasteiger partial charge < -0.3 is 15.5 Å². The lowest BCUT2D eigenvalue weighted by Crippen LogP contribution is -2.56. The molecule has 3 fully saturated rings. The molecule has 2 aliphatic heterocycles. The summed E-state index contributed by atoms with van der Waals surface area (Å²) in [5.41, 5.74) is 7.78. The van der Waals surface area contributed by atoms with Crippen molar-refractivity contribution in [3.8, 4) is 0 Å². The second-order valence-corrected chi connectivity index (χ2v) is 11.5. The Balaban J connectivity index is 1.23. The number of halogens is 1. The highest BCUT2D eigenvalue weighted by molar-refractivity contribution is 5.77. The Kier molecular flexibility index (Phi) is 6.68. The average molecular weight is 518 g/mol. The third kappa shape index (κ3) is 4.59. The number of piperidine rings is 2. The maximum absolute atomic E-state index is 14.0. The molecule has 6 rings (SSSR count). The van der Waals surface area contributed by atoms with Gasteiger partial charge in [0.1, 0.15) is 5.82 Å². The number of carbonyl (C=O) groups is 1. The predicted molar refractivity (Wildman–Crippen MR) is 145 cm³/mol. The summed E-state index contributed by atoms with van der Waals surface area (Å²) in [6.07, 6.45) is 8.41. The molecule has 1 saturated carbocycles. The first-order valence-corrected chi connectivity index (χ1v) is 13.9. The number of hydrogen-bond acceptors (Lipinski definition) is 4. The third-order valence-corrected chi connectivity index (χ3v) is 9.27. The monoisotopic (exact) mass is 517 g/mol. The Labute approximate surface area is 222 Å². The number of fused-ring (bicyclic) bond motifs is 1. The fourth-order valence-corrected chi connectivity index (χ4v) is 7.19. The molecule has 8 heteroatoms. The Morgan fingerprint density at radius 2 is 1.87 bits per heavy atom. The van der Waals surface area contributed by atoms with Crippen LogP contribution in [-0.2, 0) is 6.54 Å². The fraction of sp³-hybridized carbons (Fsp3) is 0.500. The lowest BCUT2D eigenvalue weighted by Gasteiger charge is -2.49. The molecule has 2 amide bonds. The number of amides is 2. The molecule has 0 bridgehead atoms. The first kappa shape index (κ1) is 25.0. The van der Waals surface area contributed by atoms with Crippen molar-refractivity contribution in [1.29, 1.82) is 0 Å². The van der Waals surface area contributed by atoms with Crippen molar-refractivity contribution < 1.29 is 9.18 Å². The van der Waals surface area contributed by atoms with Crippen LogP contribution in [0, 0.1) is 17.2 Å². The van der Waals surface area contributed by atoms with E-state index in [1.165, 1.54) is 12.1 Å². The molecule has 0 radical (unpaired) electrons. The van der Waals surface area contributed by atoms with Gasteiger partial charge in [0.25, 0.3) is 5.56 Å². The van der Waals surface area contributed by atoms with Crippen LogP contribution in [0.25, 0.3) is 10.9 Å². The zero-order chi connectivity index (χ0) is 26.3. The van der Waals surface area contributed by atoms with E-state index in [2.05, 4.69) is 22.0 Å². The maximum atomic E-state index is 14.0. The van der Waals surface area contributed by atoms with E-state index in [-0.39, 0.29) is 35.0 Å². The smallest absolute Gasteiger partial charge is 0.320 e. The van der Waals surface area contributed by atoms with E-state index >= 15 is 0 Å². The molecule has 2 saturated heterocycles. The SMILES string of the molecule is N[C@@H]1CCN(C(=O)N2CCC(Cn3cnc4ccc(F)cc4c3=O)C3(CCCC3)C2)[C@H](c2ccccc2)C1. The van der Waals surface area contributed by atoms with Crippen molar-refractivity contribution in [2.75, 3.05) is 19.6 Å². The van der Waals surface area contributed by atoms with Crippen LogP contribution >= 0.6 is 0 Å². The zero-order valence-electron chi connectivity index (χ0n) is 21.8. The zero-order valence-corrected chi connectivity index (χ0v) is 21.8. The second kappa shape index (κ2) is 10.1. The number of likely N-dealkylation sites (tertiary alicyclic amines) is 2. The highest BCUT2D eigenvalue weighted by Gasteiger charge is 2.47. The van der Waals surface area contributed by atoms with Gasteiger partial charge in [0.15, 0.2) is 0 Å². The van der Waals surface area contributed by atoms with Crippen LogP contribution in [0.5, 0.6) is 0 Å². The summed E-state index contributed by atoms with van der Waals surface area (Å²) in [5, 5.41) is 0.316. The van der Waals surface area contributed by atoms with Gasteiger partial charge in [-0.3, -0.25) is 9.36 Å². The highest BCUT2D eigenvalue weighted by atomic mass is 19.1. The number of aromatic nitrogens is 2. The molecule has 1 unspecified atom stereocenters. The topological polar surface area (TPSA) is 84.5 Å². The summed E-state index contributed by atoms with van der Waals surface area (Å²) in [5.74, 6) is -0.167. The highest BCUT2D eigenvalue weighted by Crippen LogP contribution is 2.49. The van der Waals surface area contributed by atoms with E-state index < -0.39 is 5.82 Å². The second-order valence-electron chi connectivity index (χ2n) is 11.5. The van der Waals surface area contributed by atoms with Crippen LogP contribution in [0.15, 0.2) is 59.7 Å². The lowest BCUT2D eigenvalue weighted by molar-refractivity contribution is 0.0215. The minimum atomic E-state index is -0.430. The van der Waals surface area contributed by atoms with Crippen LogP contribution < -0.4 is 11.3 Å². The summed E-state index contributed by atoms with van der Waals surface area (Å²) >= 11 is 0. The predicted octanol–water partition coefficient (Wildman–Crippen LogP) is 4.70. The largest absolute Gasteiger partial charge is 0.328 e. The normalized spacial score (nSPS) is 25.3. The molecular weight excluding hydrogens is 481 g/mol. The number of nitrogens with zero attached hydrogens (tertiary/aromatic N) is 4. The Morgan fingerprint density at radius 1 is 1.08 bits per heavy atom. The van der Waals surface area contributed by atoms with Crippen LogP contribution in [0.3, 0.4) is 0 Å². The molecule has 1 spiro atoms. The van der Waals surface area contributed by atoms with Gasteiger partial charge in [0, 0.05) is 32.2 Å². The van der Waals surface area contributed by atoms with Crippen molar-refractivity contribution >= 4 is 16.9 Å². The molecule has 3 heterocycles. The summed E-state index contributed by atoms with van der Waals surface area (Å²) in [6, 6.07) is 14.6.